The molecule has 0 aliphatic heterocycles. The number of hydrogen-bond acceptors (Lipinski definition) is 3. The molecule has 0 atom stereocenters. The fourth-order valence-electron chi connectivity index (χ4n) is 1.16. The molecule has 3 heteroatoms. The van der Waals surface area contributed by atoms with E-state index in [1.54, 1.807) is 11.3 Å². The Morgan fingerprint density at radius 2 is 1.93 bits per heavy atom. The molecule has 0 saturated heterocycles. The van der Waals surface area contributed by atoms with Gasteiger partial charge in [-0.05, 0) is 42.7 Å². The molecule has 0 bridgehead atoms. The average Bonchev–Trinajstić information content (AvgIpc) is 2.74. The molecule has 0 spiro atoms. The van der Waals surface area contributed by atoms with Crippen molar-refractivity contribution in [2.45, 2.75) is 6.92 Å². The summed E-state index contributed by atoms with van der Waals surface area (Å²) in [7, 11) is 0. The lowest BCUT2D eigenvalue weighted by atomic mass is 10.2. The molecule has 1 nitrogen and oxygen atoms in total. The van der Waals surface area contributed by atoms with Gasteiger partial charge in [0.05, 0.1) is 4.88 Å². The second kappa shape index (κ2) is 4.55. The summed E-state index contributed by atoms with van der Waals surface area (Å²) in [6.07, 6.45) is 0. The molecule has 0 fully saturated rings. The highest BCUT2D eigenvalue weighted by atomic mass is 32.1. The number of ether oxygens (including phenoxy) is 1. The Bertz CT molecular complexity index is 443. The molecule has 1 aromatic heterocycles. The first kappa shape index (κ1) is 10.3. The minimum Gasteiger partial charge on any atom is -0.444 e. The van der Waals surface area contributed by atoms with Crippen molar-refractivity contribution in [3.8, 4) is 5.75 Å². The van der Waals surface area contributed by atoms with Gasteiger partial charge in [-0.15, -0.1) is 11.3 Å². The first-order valence-corrected chi connectivity index (χ1v) is 5.87. The van der Waals surface area contributed by atoms with Crippen molar-refractivity contribution < 1.29 is 4.74 Å². The molecule has 1 heterocycles. The van der Waals surface area contributed by atoms with E-state index in [2.05, 4.69) is 0 Å². The monoisotopic (exact) mass is 234 g/mol. The molecule has 0 unspecified atom stereocenters. The van der Waals surface area contributed by atoms with Crippen molar-refractivity contribution in [2.24, 2.45) is 0 Å². The zero-order chi connectivity index (χ0) is 10.7. The summed E-state index contributed by atoms with van der Waals surface area (Å²) >= 11 is 6.76. The Hall–Kier alpha value is -1.19. The molecule has 2 aromatic rings. The Morgan fingerprint density at radius 1 is 1.20 bits per heavy atom. The SMILES string of the molecule is Cc1ccc(OC(=S)c2cccs2)cc1. The van der Waals surface area contributed by atoms with E-state index in [4.69, 9.17) is 17.0 Å². The van der Waals surface area contributed by atoms with E-state index in [1.165, 1.54) is 5.56 Å². The number of hydrogen-bond donors (Lipinski definition) is 0. The van der Waals surface area contributed by atoms with Gasteiger partial charge < -0.3 is 4.74 Å². The van der Waals surface area contributed by atoms with E-state index in [9.17, 15) is 0 Å². The predicted octanol–water partition coefficient (Wildman–Crippen LogP) is 3.81. The first-order valence-electron chi connectivity index (χ1n) is 4.58. The maximum Gasteiger partial charge on any atom is 0.207 e. The summed E-state index contributed by atoms with van der Waals surface area (Å²) in [6.45, 7) is 2.04. The summed E-state index contributed by atoms with van der Waals surface area (Å²) in [4.78, 5) is 0.991. The van der Waals surface area contributed by atoms with E-state index in [1.807, 2.05) is 48.7 Å². The lowest BCUT2D eigenvalue weighted by Gasteiger charge is -2.04. The quantitative estimate of drug-likeness (QED) is 0.731. The number of benzene rings is 1. The fourth-order valence-corrected chi connectivity index (χ4v) is 2.07. The largest absolute Gasteiger partial charge is 0.444 e. The molecule has 0 aliphatic carbocycles. The van der Waals surface area contributed by atoms with Gasteiger partial charge >= 0.3 is 0 Å². The van der Waals surface area contributed by atoms with E-state index in [0.717, 1.165) is 10.6 Å². The third-order valence-electron chi connectivity index (χ3n) is 1.95. The number of thiocarbonyl (C=S) groups is 1. The summed E-state index contributed by atoms with van der Waals surface area (Å²) in [5.74, 6) is 0.791. The van der Waals surface area contributed by atoms with Crippen LogP contribution in [0.2, 0.25) is 0 Å². The highest BCUT2D eigenvalue weighted by Crippen LogP contribution is 2.16. The van der Waals surface area contributed by atoms with Crippen LogP contribution in [0.5, 0.6) is 5.75 Å². The number of aryl methyl sites for hydroxylation is 1. The summed E-state index contributed by atoms with van der Waals surface area (Å²) in [5.41, 5.74) is 1.21. The molecule has 0 amide bonds. The van der Waals surface area contributed by atoms with Gasteiger partial charge in [0.15, 0.2) is 0 Å². The second-order valence-corrected chi connectivity index (χ2v) is 4.50. The van der Waals surface area contributed by atoms with Crippen LogP contribution >= 0.6 is 23.6 Å². The maximum atomic E-state index is 5.56. The fraction of sp³-hybridized carbons (Fsp3) is 0.0833. The molecule has 0 aliphatic rings. The van der Waals surface area contributed by atoms with Gasteiger partial charge in [-0.1, -0.05) is 23.8 Å². The van der Waals surface area contributed by atoms with Gasteiger partial charge in [0, 0.05) is 0 Å². The molecule has 0 N–H and O–H groups in total. The summed E-state index contributed by atoms with van der Waals surface area (Å²) in [6, 6.07) is 11.8. The number of thiophene rings is 1. The van der Waals surface area contributed by atoms with Gasteiger partial charge in [0.1, 0.15) is 5.75 Å². The van der Waals surface area contributed by atoms with Crippen LogP contribution in [0.1, 0.15) is 10.4 Å². The standard InChI is InChI=1S/C12H10OS2/c1-9-4-6-10(7-5-9)13-12(14)11-3-2-8-15-11/h2-8H,1H3. The molecule has 76 valence electrons. The highest BCUT2D eigenvalue weighted by Gasteiger charge is 2.04. The third kappa shape index (κ3) is 2.64. The third-order valence-corrected chi connectivity index (χ3v) is 3.25. The minimum atomic E-state index is 0.536. The van der Waals surface area contributed by atoms with Gasteiger partial charge in [0.2, 0.25) is 5.05 Å². The van der Waals surface area contributed by atoms with Crippen molar-refractivity contribution >= 4 is 28.6 Å². The molecule has 1 aromatic carbocycles. The van der Waals surface area contributed by atoms with Crippen molar-refractivity contribution in [3.63, 3.8) is 0 Å². The van der Waals surface area contributed by atoms with Crippen LogP contribution in [-0.2, 0) is 0 Å². The van der Waals surface area contributed by atoms with Crippen LogP contribution < -0.4 is 4.74 Å². The van der Waals surface area contributed by atoms with Crippen molar-refractivity contribution in [1.82, 2.24) is 0 Å². The van der Waals surface area contributed by atoms with Crippen LogP contribution in [-0.4, -0.2) is 5.05 Å². The molecule has 15 heavy (non-hydrogen) atoms. The Kier molecular flexibility index (Phi) is 3.14. The first-order chi connectivity index (χ1) is 7.25. The van der Waals surface area contributed by atoms with Crippen LogP contribution in [0.3, 0.4) is 0 Å². The van der Waals surface area contributed by atoms with Crippen LogP contribution in [0.15, 0.2) is 41.8 Å². The van der Waals surface area contributed by atoms with E-state index in [0.29, 0.717) is 5.05 Å². The topological polar surface area (TPSA) is 9.23 Å². The zero-order valence-corrected chi connectivity index (χ0v) is 9.90. The van der Waals surface area contributed by atoms with Crippen LogP contribution in [0, 0.1) is 6.92 Å². The average molecular weight is 234 g/mol. The van der Waals surface area contributed by atoms with Crippen LogP contribution in [0.4, 0.5) is 0 Å². The summed E-state index contributed by atoms with van der Waals surface area (Å²) in [5, 5.41) is 2.52. The predicted molar refractivity (Wildman–Crippen MR) is 67.8 cm³/mol. The maximum absolute atomic E-state index is 5.56. The number of rotatable bonds is 2. The summed E-state index contributed by atoms with van der Waals surface area (Å²) < 4.78 is 5.56. The normalized spacial score (nSPS) is 9.93. The van der Waals surface area contributed by atoms with Gasteiger partial charge in [-0.3, -0.25) is 0 Å². The Balaban J connectivity index is 2.09. The lowest BCUT2D eigenvalue weighted by Crippen LogP contribution is -2.04. The molecule has 0 radical (unpaired) electrons. The second-order valence-electron chi connectivity index (χ2n) is 3.18. The van der Waals surface area contributed by atoms with E-state index in [-0.39, 0.29) is 0 Å². The minimum absolute atomic E-state index is 0.536. The Morgan fingerprint density at radius 3 is 2.53 bits per heavy atom. The molecular formula is C12H10OS2. The van der Waals surface area contributed by atoms with Gasteiger partial charge in [-0.2, -0.15) is 0 Å². The van der Waals surface area contributed by atoms with Crippen molar-refractivity contribution in [3.05, 3.63) is 52.2 Å². The van der Waals surface area contributed by atoms with E-state index < -0.39 is 0 Å². The molecule has 0 saturated carbocycles. The highest BCUT2D eigenvalue weighted by molar-refractivity contribution is 7.80. The van der Waals surface area contributed by atoms with Crippen LogP contribution in [0.25, 0.3) is 0 Å². The molecule has 2 rings (SSSR count). The van der Waals surface area contributed by atoms with Crippen molar-refractivity contribution in [1.29, 1.82) is 0 Å². The van der Waals surface area contributed by atoms with Gasteiger partial charge in [0.25, 0.3) is 0 Å². The van der Waals surface area contributed by atoms with Gasteiger partial charge in [-0.25, -0.2) is 0 Å². The molecular weight excluding hydrogens is 224 g/mol. The smallest absolute Gasteiger partial charge is 0.207 e. The Labute approximate surface area is 98.3 Å². The lowest BCUT2D eigenvalue weighted by molar-refractivity contribution is 0.568. The van der Waals surface area contributed by atoms with Crippen molar-refractivity contribution in [2.75, 3.05) is 0 Å². The van der Waals surface area contributed by atoms with E-state index >= 15 is 0 Å². The zero-order valence-electron chi connectivity index (χ0n) is 8.27.